The lowest BCUT2D eigenvalue weighted by Crippen LogP contribution is -2.26. The molecule has 0 aliphatic heterocycles. The second-order valence-corrected chi connectivity index (χ2v) is 6.18. The highest BCUT2D eigenvalue weighted by molar-refractivity contribution is 6.35. The zero-order valence-electron chi connectivity index (χ0n) is 14.0. The summed E-state index contributed by atoms with van der Waals surface area (Å²) in [6.45, 7) is 1.37. The molecule has 2 rings (SSSR count). The summed E-state index contributed by atoms with van der Waals surface area (Å²) in [4.78, 5) is 23.7. The Hall–Kier alpha value is -2.57. The summed E-state index contributed by atoms with van der Waals surface area (Å²) < 4.78 is 5.29. The Kier molecular flexibility index (Phi) is 7.44. The number of hydrogen-bond acceptors (Lipinski definition) is 4. The van der Waals surface area contributed by atoms with Crippen LogP contribution in [0, 0.1) is 0 Å². The van der Waals surface area contributed by atoms with Gasteiger partial charge in [0.05, 0.1) is 11.4 Å². The molecule has 0 aliphatic rings. The van der Waals surface area contributed by atoms with Gasteiger partial charge in [-0.1, -0.05) is 41.4 Å². The van der Waals surface area contributed by atoms with Crippen molar-refractivity contribution in [2.75, 3.05) is 11.9 Å². The van der Waals surface area contributed by atoms with Crippen molar-refractivity contribution in [1.82, 2.24) is 5.43 Å². The Morgan fingerprint density at radius 2 is 1.81 bits per heavy atom. The molecule has 2 N–H and O–H groups in total. The summed E-state index contributed by atoms with van der Waals surface area (Å²) >= 11 is 11.7. The van der Waals surface area contributed by atoms with Crippen LogP contribution in [0.2, 0.25) is 10.0 Å². The molecule has 2 aromatic carbocycles. The van der Waals surface area contributed by atoms with Gasteiger partial charge in [-0.25, -0.2) is 5.43 Å². The number of carbonyl (C=O) groups excluding carboxylic acids is 2. The molecule has 2 amide bonds. The molecule has 0 bridgehead atoms. The number of ether oxygens (including phenoxy) is 1. The predicted molar refractivity (Wildman–Crippen MR) is 103 cm³/mol. The standard InChI is InChI=1S/C18H17Cl2N3O3/c1-12(9-17(24)21-14-5-3-2-4-6-14)22-23-18(25)11-26-16-8-7-13(19)10-15(16)20/h2-8,10H,9,11H2,1H3,(H,21,24)(H,23,25). The van der Waals surface area contributed by atoms with Crippen LogP contribution in [0.15, 0.2) is 53.6 Å². The highest BCUT2D eigenvalue weighted by atomic mass is 35.5. The van der Waals surface area contributed by atoms with Crippen LogP contribution in [-0.2, 0) is 9.59 Å². The van der Waals surface area contributed by atoms with E-state index >= 15 is 0 Å². The number of rotatable bonds is 7. The van der Waals surface area contributed by atoms with E-state index in [-0.39, 0.29) is 18.9 Å². The van der Waals surface area contributed by atoms with Crippen molar-refractivity contribution in [3.8, 4) is 5.75 Å². The molecule has 8 heteroatoms. The average Bonchev–Trinajstić information content (AvgIpc) is 2.60. The number of hydrazone groups is 1. The summed E-state index contributed by atoms with van der Waals surface area (Å²) in [6, 6.07) is 13.8. The van der Waals surface area contributed by atoms with Crippen LogP contribution in [0.3, 0.4) is 0 Å². The van der Waals surface area contributed by atoms with Crippen molar-refractivity contribution in [3.05, 3.63) is 58.6 Å². The van der Waals surface area contributed by atoms with Crippen molar-refractivity contribution in [2.24, 2.45) is 5.10 Å². The molecular formula is C18H17Cl2N3O3. The number of benzene rings is 2. The molecule has 0 radical (unpaired) electrons. The lowest BCUT2D eigenvalue weighted by atomic mass is 10.2. The Balaban J connectivity index is 1.76. The van der Waals surface area contributed by atoms with Gasteiger partial charge in [0.1, 0.15) is 5.75 Å². The predicted octanol–water partition coefficient (Wildman–Crippen LogP) is 3.89. The molecule has 136 valence electrons. The third-order valence-electron chi connectivity index (χ3n) is 3.10. The third-order valence-corrected chi connectivity index (χ3v) is 3.63. The molecule has 0 fully saturated rings. The normalized spacial score (nSPS) is 11.0. The second-order valence-electron chi connectivity index (χ2n) is 5.34. The molecule has 0 atom stereocenters. The molecule has 6 nitrogen and oxygen atoms in total. The SMILES string of the molecule is CC(CC(=O)Nc1ccccc1)=NNC(=O)COc1ccc(Cl)cc1Cl. The first-order valence-corrected chi connectivity index (χ1v) is 8.44. The number of nitrogens with one attached hydrogen (secondary N) is 2. The summed E-state index contributed by atoms with van der Waals surface area (Å²) in [5.41, 5.74) is 3.48. The van der Waals surface area contributed by atoms with E-state index in [0.29, 0.717) is 27.2 Å². The molecular weight excluding hydrogens is 377 g/mol. The topological polar surface area (TPSA) is 79.8 Å². The average molecular weight is 394 g/mol. The van der Waals surface area contributed by atoms with Crippen LogP contribution in [0.1, 0.15) is 13.3 Å². The Bertz CT molecular complexity index is 811. The van der Waals surface area contributed by atoms with Crippen molar-refractivity contribution in [3.63, 3.8) is 0 Å². The van der Waals surface area contributed by atoms with E-state index in [1.54, 1.807) is 31.2 Å². The molecule has 2 aromatic rings. The number of anilines is 1. The van der Waals surface area contributed by atoms with Crippen LogP contribution >= 0.6 is 23.2 Å². The van der Waals surface area contributed by atoms with Crippen molar-refractivity contribution >= 4 is 46.4 Å². The van der Waals surface area contributed by atoms with E-state index in [1.807, 2.05) is 18.2 Å². The summed E-state index contributed by atoms with van der Waals surface area (Å²) in [6.07, 6.45) is 0.0546. The number of amides is 2. The van der Waals surface area contributed by atoms with Crippen LogP contribution < -0.4 is 15.5 Å². The minimum absolute atomic E-state index is 0.0546. The number of halogens is 2. The molecule has 0 aliphatic carbocycles. The highest BCUT2D eigenvalue weighted by Gasteiger charge is 2.08. The monoisotopic (exact) mass is 393 g/mol. The number of carbonyl (C=O) groups is 2. The van der Waals surface area contributed by atoms with E-state index < -0.39 is 5.91 Å². The molecule has 26 heavy (non-hydrogen) atoms. The number of nitrogens with zero attached hydrogens (tertiary/aromatic N) is 1. The summed E-state index contributed by atoms with van der Waals surface area (Å²) in [5.74, 6) is -0.358. The van der Waals surface area contributed by atoms with Gasteiger partial charge >= 0.3 is 0 Å². The van der Waals surface area contributed by atoms with E-state index in [9.17, 15) is 9.59 Å². The number of hydrogen-bond donors (Lipinski definition) is 2. The molecule has 0 aromatic heterocycles. The fourth-order valence-electron chi connectivity index (χ4n) is 1.92. The Labute approximate surface area is 161 Å². The van der Waals surface area contributed by atoms with Crippen molar-refractivity contribution < 1.29 is 14.3 Å². The van der Waals surface area contributed by atoms with E-state index in [4.69, 9.17) is 27.9 Å². The quantitative estimate of drug-likeness (QED) is 0.552. The lowest BCUT2D eigenvalue weighted by Gasteiger charge is -2.08. The first-order chi connectivity index (χ1) is 12.4. The number of para-hydroxylation sites is 1. The van der Waals surface area contributed by atoms with Crippen molar-refractivity contribution in [2.45, 2.75) is 13.3 Å². The minimum Gasteiger partial charge on any atom is -0.482 e. The van der Waals surface area contributed by atoms with E-state index in [0.717, 1.165) is 0 Å². The molecule has 0 heterocycles. The van der Waals surface area contributed by atoms with Crippen LogP contribution in [0.25, 0.3) is 0 Å². The van der Waals surface area contributed by atoms with Gasteiger partial charge in [-0.2, -0.15) is 5.10 Å². The molecule has 0 saturated heterocycles. The fourth-order valence-corrected chi connectivity index (χ4v) is 2.39. The largest absolute Gasteiger partial charge is 0.482 e. The smallest absolute Gasteiger partial charge is 0.277 e. The van der Waals surface area contributed by atoms with Crippen molar-refractivity contribution in [1.29, 1.82) is 0 Å². The fraction of sp³-hybridized carbons (Fsp3) is 0.167. The molecule has 0 unspecified atom stereocenters. The first kappa shape index (κ1) is 19.8. The van der Waals surface area contributed by atoms with Gasteiger partial charge in [0, 0.05) is 16.4 Å². The van der Waals surface area contributed by atoms with Gasteiger partial charge in [-0.15, -0.1) is 0 Å². The lowest BCUT2D eigenvalue weighted by molar-refractivity contribution is -0.123. The summed E-state index contributed by atoms with van der Waals surface area (Å²) in [5, 5.41) is 7.39. The Morgan fingerprint density at radius 3 is 2.50 bits per heavy atom. The zero-order valence-corrected chi connectivity index (χ0v) is 15.5. The van der Waals surface area contributed by atoms with Crippen LogP contribution in [0.5, 0.6) is 5.75 Å². The molecule has 0 spiro atoms. The van der Waals surface area contributed by atoms with Gasteiger partial charge in [-0.3, -0.25) is 9.59 Å². The Morgan fingerprint density at radius 1 is 1.08 bits per heavy atom. The van der Waals surface area contributed by atoms with Crippen LogP contribution in [0.4, 0.5) is 5.69 Å². The second kappa shape index (κ2) is 9.79. The van der Waals surface area contributed by atoms with Gasteiger partial charge in [-0.05, 0) is 37.3 Å². The van der Waals surface area contributed by atoms with Gasteiger partial charge < -0.3 is 10.1 Å². The summed E-state index contributed by atoms with van der Waals surface area (Å²) in [7, 11) is 0. The maximum absolute atomic E-state index is 11.9. The maximum atomic E-state index is 11.9. The van der Waals surface area contributed by atoms with E-state index in [2.05, 4.69) is 15.8 Å². The first-order valence-electron chi connectivity index (χ1n) is 7.69. The third kappa shape index (κ3) is 6.74. The molecule has 0 saturated carbocycles. The minimum atomic E-state index is -0.473. The van der Waals surface area contributed by atoms with Gasteiger partial charge in [0.15, 0.2) is 6.61 Å². The van der Waals surface area contributed by atoms with Gasteiger partial charge in [0.25, 0.3) is 5.91 Å². The van der Waals surface area contributed by atoms with E-state index in [1.165, 1.54) is 6.07 Å². The maximum Gasteiger partial charge on any atom is 0.277 e. The van der Waals surface area contributed by atoms with Gasteiger partial charge in [0.2, 0.25) is 5.91 Å². The highest BCUT2D eigenvalue weighted by Crippen LogP contribution is 2.27. The van der Waals surface area contributed by atoms with Crippen LogP contribution in [-0.4, -0.2) is 24.1 Å². The zero-order chi connectivity index (χ0) is 18.9.